The van der Waals surface area contributed by atoms with Gasteiger partial charge in [-0.15, -0.1) is 0 Å². The first-order chi connectivity index (χ1) is 9.81. The van der Waals surface area contributed by atoms with Gasteiger partial charge in [0.2, 0.25) is 0 Å². The maximum atomic E-state index is 12.4. The highest BCUT2D eigenvalue weighted by atomic mass is 79.9. The third kappa shape index (κ3) is 3.70. The first-order valence-electron chi connectivity index (χ1n) is 5.53. The molecule has 0 aliphatic heterocycles. The van der Waals surface area contributed by atoms with Gasteiger partial charge in [-0.3, -0.25) is 9.71 Å². The molecule has 1 aromatic heterocycles. The van der Waals surface area contributed by atoms with Crippen molar-refractivity contribution in [3.63, 3.8) is 0 Å². The van der Waals surface area contributed by atoms with Crippen LogP contribution in [0.15, 0.2) is 46.0 Å². The molecule has 9 heteroatoms. The Balaban J connectivity index is 2.41. The van der Waals surface area contributed by atoms with E-state index in [1.54, 1.807) is 0 Å². The number of benzene rings is 1. The number of aromatic nitrogens is 1. The first kappa shape index (κ1) is 16.2. The van der Waals surface area contributed by atoms with E-state index in [9.17, 15) is 8.42 Å². The fourth-order valence-electron chi connectivity index (χ4n) is 1.53. The van der Waals surface area contributed by atoms with E-state index in [4.69, 9.17) is 29.6 Å². The highest BCUT2D eigenvalue weighted by Crippen LogP contribution is 2.27. The molecule has 5 nitrogen and oxygen atoms in total. The zero-order chi connectivity index (χ0) is 15.6. The van der Waals surface area contributed by atoms with Crippen LogP contribution in [0.3, 0.4) is 0 Å². The van der Waals surface area contributed by atoms with Gasteiger partial charge in [0.1, 0.15) is 9.88 Å². The molecule has 2 aromatic rings. The van der Waals surface area contributed by atoms with Crippen molar-refractivity contribution >= 4 is 60.4 Å². The van der Waals surface area contributed by atoms with Gasteiger partial charge in [0.25, 0.3) is 10.0 Å². The molecule has 0 spiro atoms. The SMILES string of the molecule is NC(=S)c1ccc(S(=O)(=O)Nc2ccncc2Br)c(Cl)c1. The largest absolute Gasteiger partial charge is 0.389 e. The molecule has 1 heterocycles. The Labute approximate surface area is 140 Å². The van der Waals surface area contributed by atoms with Gasteiger partial charge in [0.15, 0.2) is 0 Å². The standard InChI is InChI=1S/C12H9BrClN3O2S2/c13-8-6-16-4-3-10(8)17-21(18,19)11-2-1-7(12(15)20)5-9(11)14/h1-6H,(H2,15,20)(H,16,17). The summed E-state index contributed by atoms with van der Waals surface area (Å²) >= 11 is 14.0. The van der Waals surface area contributed by atoms with E-state index < -0.39 is 10.0 Å². The number of nitrogens with zero attached hydrogens (tertiary/aromatic N) is 1. The van der Waals surface area contributed by atoms with E-state index in [1.807, 2.05) is 0 Å². The fourth-order valence-corrected chi connectivity index (χ4v) is 3.76. The molecule has 0 saturated carbocycles. The van der Waals surface area contributed by atoms with Crippen LogP contribution in [0.2, 0.25) is 5.02 Å². The molecule has 0 radical (unpaired) electrons. The molecule has 0 aliphatic carbocycles. The lowest BCUT2D eigenvalue weighted by Gasteiger charge is -2.11. The van der Waals surface area contributed by atoms with Gasteiger partial charge in [-0.1, -0.05) is 29.9 Å². The van der Waals surface area contributed by atoms with Crippen LogP contribution in [0.4, 0.5) is 5.69 Å². The molecular formula is C12H9BrClN3O2S2. The van der Waals surface area contributed by atoms with Gasteiger partial charge >= 0.3 is 0 Å². The number of thiocarbonyl (C=S) groups is 1. The Morgan fingerprint density at radius 1 is 1.38 bits per heavy atom. The summed E-state index contributed by atoms with van der Waals surface area (Å²) in [6.45, 7) is 0. The highest BCUT2D eigenvalue weighted by molar-refractivity contribution is 9.10. The second-order valence-electron chi connectivity index (χ2n) is 3.97. The number of rotatable bonds is 4. The van der Waals surface area contributed by atoms with E-state index in [2.05, 4.69) is 25.6 Å². The summed E-state index contributed by atoms with van der Waals surface area (Å²) in [4.78, 5) is 3.94. The van der Waals surface area contributed by atoms with Gasteiger partial charge in [-0.05, 0) is 34.1 Å². The lowest BCUT2D eigenvalue weighted by molar-refractivity contribution is 0.601. The van der Waals surface area contributed by atoms with Crippen molar-refractivity contribution in [1.82, 2.24) is 4.98 Å². The number of nitrogens with two attached hydrogens (primary N) is 1. The highest BCUT2D eigenvalue weighted by Gasteiger charge is 2.19. The molecule has 21 heavy (non-hydrogen) atoms. The van der Waals surface area contributed by atoms with Crippen molar-refractivity contribution in [3.8, 4) is 0 Å². The fraction of sp³-hybridized carbons (Fsp3) is 0. The predicted molar refractivity (Wildman–Crippen MR) is 90.1 cm³/mol. The maximum Gasteiger partial charge on any atom is 0.263 e. The Morgan fingerprint density at radius 2 is 2.10 bits per heavy atom. The molecule has 0 aliphatic rings. The smallest absolute Gasteiger partial charge is 0.263 e. The van der Waals surface area contributed by atoms with Crippen molar-refractivity contribution in [2.24, 2.45) is 5.73 Å². The number of anilines is 1. The van der Waals surface area contributed by atoms with E-state index in [-0.39, 0.29) is 14.9 Å². The maximum absolute atomic E-state index is 12.4. The Morgan fingerprint density at radius 3 is 2.67 bits per heavy atom. The van der Waals surface area contributed by atoms with Crippen molar-refractivity contribution in [3.05, 3.63) is 51.7 Å². The summed E-state index contributed by atoms with van der Waals surface area (Å²) in [6.07, 6.45) is 2.95. The van der Waals surface area contributed by atoms with E-state index >= 15 is 0 Å². The normalized spacial score (nSPS) is 11.1. The summed E-state index contributed by atoms with van der Waals surface area (Å²) in [5.41, 5.74) is 6.34. The average Bonchev–Trinajstić information content (AvgIpc) is 2.40. The lowest BCUT2D eigenvalue weighted by Crippen LogP contribution is -2.15. The van der Waals surface area contributed by atoms with Crippen LogP contribution in [0.1, 0.15) is 5.56 Å². The average molecular weight is 407 g/mol. The van der Waals surface area contributed by atoms with Crippen LogP contribution >= 0.6 is 39.7 Å². The minimum Gasteiger partial charge on any atom is -0.389 e. The molecule has 0 fully saturated rings. The summed E-state index contributed by atoms with van der Waals surface area (Å²) in [6, 6.07) is 5.80. The van der Waals surface area contributed by atoms with Crippen LogP contribution in [0.5, 0.6) is 0 Å². The first-order valence-corrected chi connectivity index (χ1v) is 8.59. The Hall–Kier alpha value is -1.22. The molecule has 1 aromatic carbocycles. The van der Waals surface area contributed by atoms with E-state index in [1.165, 1.54) is 36.7 Å². The lowest BCUT2D eigenvalue weighted by atomic mass is 10.2. The van der Waals surface area contributed by atoms with E-state index in [0.717, 1.165) is 0 Å². The quantitative estimate of drug-likeness (QED) is 0.763. The number of hydrogen-bond acceptors (Lipinski definition) is 4. The number of nitrogens with one attached hydrogen (secondary N) is 1. The molecular weight excluding hydrogens is 398 g/mol. The monoisotopic (exact) mass is 405 g/mol. The van der Waals surface area contributed by atoms with Crippen LogP contribution in [0, 0.1) is 0 Å². The van der Waals surface area contributed by atoms with Gasteiger partial charge in [-0.2, -0.15) is 0 Å². The van der Waals surface area contributed by atoms with Gasteiger partial charge in [0, 0.05) is 18.0 Å². The minimum absolute atomic E-state index is 0.0398. The van der Waals surface area contributed by atoms with Crippen molar-refractivity contribution in [2.75, 3.05) is 4.72 Å². The van der Waals surface area contributed by atoms with Crippen LogP contribution in [-0.4, -0.2) is 18.4 Å². The number of hydrogen-bond donors (Lipinski definition) is 2. The summed E-state index contributed by atoms with van der Waals surface area (Å²) in [5.74, 6) is 0. The molecule has 110 valence electrons. The van der Waals surface area contributed by atoms with Crippen molar-refractivity contribution in [1.29, 1.82) is 0 Å². The Bertz CT molecular complexity index is 812. The zero-order valence-electron chi connectivity index (χ0n) is 10.4. The zero-order valence-corrected chi connectivity index (χ0v) is 14.4. The summed E-state index contributed by atoms with van der Waals surface area (Å²) in [5, 5.41) is 0.0398. The third-order valence-corrected chi connectivity index (χ3v) is 5.24. The molecule has 0 unspecified atom stereocenters. The summed E-state index contributed by atoms with van der Waals surface area (Å²) < 4.78 is 27.7. The summed E-state index contributed by atoms with van der Waals surface area (Å²) in [7, 11) is -3.83. The predicted octanol–water partition coefficient (Wildman–Crippen LogP) is 2.93. The third-order valence-electron chi connectivity index (χ3n) is 2.52. The topological polar surface area (TPSA) is 85.1 Å². The minimum atomic E-state index is -3.83. The van der Waals surface area contributed by atoms with Gasteiger partial charge in [-0.25, -0.2) is 8.42 Å². The van der Waals surface area contributed by atoms with Crippen LogP contribution in [0.25, 0.3) is 0 Å². The van der Waals surface area contributed by atoms with Crippen LogP contribution < -0.4 is 10.5 Å². The van der Waals surface area contributed by atoms with Crippen molar-refractivity contribution < 1.29 is 8.42 Å². The van der Waals surface area contributed by atoms with Crippen molar-refractivity contribution in [2.45, 2.75) is 4.90 Å². The second-order valence-corrected chi connectivity index (χ2v) is 7.32. The molecule has 0 saturated heterocycles. The number of sulfonamides is 1. The number of halogens is 2. The molecule has 2 rings (SSSR count). The van der Waals surface area contributed by atoms with E-state index in [0.29, 0.717) is 15.7 Å². The van der Waals surface area contributed by atoms with Gasteiger partial charge in [0.05, 0.1) is 15.2 Å². The molecule has 0 amide bonds. The number of pyridine rings is 1. The molecule has 3 N–H and O–H groups in total. The second kappa shape index (κ2) is 6.27. The van der Waals surface area contributed by atoms with Crippen LogP contribution in [-0.2, 0) is 10.0 Å². The molecule has 0 atom stereocenters. The Kier molecular flexibility index (Phi) is 4.82. The van der Waals surface area contributed by atoms with Gasteiger partial charge < -0.3 is 5.73 Å². The molecule has 0 bridgehead atoms.